The molecular weight excluding hydrogens is 544 g/mol. The first-order valence-corrected chi connectivity index (χ1v) is 17.2. The van der Waals surface area contributed by atoms with Gasteiger partial charge in [0.15, 0.2) is 6.29 Å². The maximum absolute atomic E-state index is 12.9. The van der Waals surface area contributed by atoms with Gasteiger partial charge in [-0.3, -0.25) is 4.79 Å². The molecule has 1 heterocycles. The molecule has 6 fully saturated rings. The number of fused-ring (bicyclic) bond motifs is 7. The molecule has 1 aliphatic heterocycles. The van der Waals surface area contributed by atoms with Crippen molar-refractivity contribution in [2.45, 2.75) is 149 Å². The predicted octanol–water partition coefficient (Wildman–Crippen LogP) is 5.94. The Morgan fingerprint density at radius 2 is 1.51 bits per heavy atom. The molecule has 7 nitrogen and oxygen atoms in total. The Morgan fingerprint density at radius 3 is 2.16 bits per heavy atom. The third kappa shape index (κ3) is 4.19. The van der Waals surface area contributed by atoms with E-state index in [0.717, 1.165) is 64.2 Å². The Morgan fingerprint density at radius 1 is 0.814 bits per heavy atom. The number of hydrogen-bond acceptors (Lipinski definition) is 6. The number of carbonyl (C=O) groups is 1. The van der Waals surface area contributed by atoms with Crippen LogP contribution in [-0.2, 0) is 14.3 Å². The molecule has 7 heteroatoms. The van der Waals surface area contributed by atoms with Crippen molar-refractivity contribution in [3.8, 4) is 0 Å². The Kier molecular flexibility index (Phi) is 7.62. The van der Waals surface area contributed by atoms with Crippen LogP contribution in [0.4, 0.5) is 0 Å². The molecule has 0 aromatic rings. The lowest BCUT2D eigenvalue weighted by Gasteiger charge is -2.73. The summed E-state index contributed by atoms with van der Waals surface area (Å²) in [5.41, 5.74) is 0.767. The van der Waals surface area contributed by atoms with Crippen LogP contribution in [0.2, 0.25) is 0 Å². The van der Waals surface area contributed by atoms with E-state index in [1.54, 1.807) is 6.92 Å². The van der Waals surface area contributed by atoms with Gasteiger partial charge < -0.3 is 29.9 Å². The molecule has 0 spiro atoms. The first-order valence-electron chi connectivity index (χ1n) is 17.2. The third-order valence-electron chi connectivity index (χ3n) is 15.5. The normalized spacial score (nSPS) is 55.8. The number of rotatable bonds is 4. The van der Waals surface area contributed by atoms with Crippen molar-refractivity contribution < 1.29 is 34.7 Å². The van der Waals surface area contributed by atoms with Gasteiger partial charge in [0.05, 0.1) is 17.6 Å². The number of allylic oxidation sites excluding steroid dienone is 1. The van der Waals surface area contributed by atoms with Crippen molar-refractivity contribution in [1.29, 1.82) is 0 Å². The van der Waals surface area contributed by atoms with Gasteiger partial charge in [-0.05, 0) is 129 Å². The van der Waals surface area contributed by atoms with Crippen molar-refractivity contribution in [3.05, 3.63) is 12.2 Å². The molecule has 43 heavy (non-hydrogen) atoms. The van der Waals surface area contributed by atoms with Crippen molar-refractivity contribution in [2.24, 2.45) is 56.7 Å². The molecule has 0 aromatic heterocycles. The summed E-state index contributed by atoms with van der Waals surface area (Å²) in [6.45, 7) is 20.5. The van der Waals surface area contributed by atoms with Gasteiger partial charge >= 0.3 is 5.97 Å². The van der Waals surface area contributed by atoms with E-state index in [4.69, 9.17) is 9.47 Å². The standard InChI is InChI=1S/C36H58O7/c1-19(2)21-11-16-36(31(40)41)18-17-34(7)22(26(21)36)9-10-24-33(6)14-13-25(32(4,5)23(33)12-15-35(24,34)8)43-30-29(39)28(38)27(37)20(3)42-30/h20-30,37-39H,1,9-18H2,2-8H3,(H,40,41)/t20-,21-,22+,23-,24+,25?,26+,27-,28+,29+,30-,33-,34+,35+,36-/m0/s1. The van der Waals surface area contributed by atoms with Gasteiger partial charge in [-0.15, -0.1) is 0 Å². The average Bonchev–Trinajstić information content (AvgIpc) is 3.34. The highest BCUT2D eigenvalue weighted by molar-refractivity contribution is 5.76. The highest BCUT2D eigenvalue weighted by atomic mass is 16.7. The van der Waals surface area contributed by atoms with Crippen LogP contribution in [0.15, 0.2) is 12.2 Å². The second kappa shape index (κ2) is 10.3. The summed E-state index contributed by atoms with van der Waals surface area (Å²) >= 11 is 0. The zero-order valence-electron chi connectivity index (χ0n) is 27.6. The minimum atomic E-state index is -1.29. The van der Waals surface area contributed by atoms with E-state index in [1.165, 1.54) is 5.57 Å². The van der Waals surface area contributed by atoms with E-state index < -0.39 is 42.1 Å². The Hall–Kier alpha value is -0.990. The van der Waals surface area contributed by atoms with Gasteiger partial charge in [0.2, 0.25) is 0 Å². The minimum Gasteiger partial charge on any atom is -0.481 e. The molecule has 5 saturated carbocycles. The van der Waals surface area contributed by atoms with Crippen LogP contribution in [0.1, 0.15) is 113 Å². The zero-order valence-corrected chi connectivity index (χ0v) is 27.6. The lowest BCUT2D eigenvalue weighted by Crippen LogP contribution is -2.67. The fraction of sp³-hybridized carbons (Fsp3) is 0.917. The average molecular weight is 603 g/mol. The molecule has 1 unspecified atom stereocenters. The van der Waals surface area contributed by atoms with Crippen molar-refractivity contribution >= 4 is 5.97 Å². The molecule has 6 rings (SSSR count). The van der Waals surface area contributed by atoms with E-state index in [-0.39, 0.29) is 33.7 Å². The lowest BCUT2D eigenvalue weighted by molar-refractivity contribution is -0.326. The van der Waals surface area contributed by atoms with E-state index in [1.807, 2.05) is 0 Å². The Bertz CT molecular complexity index is 1140. The molecule has 0 aromatic carbocycles. The van der Waals surface area contributed by atoms with Crippen LogP contribution in [0.3, 0.4) is 0 Å². The third-order valence-corrected chi connectivity index (χ3v) is 15.5. The van der Waals surface area contributed by atoms with Crippen LogP contribution in [-0.4, -0.2) is 63.2 Å². The molecular formula is C36H58O7. The topological polar surface area (TPSA) is 116 Å². The second-order valence-electron chi connectivity index (χ2n) is 17.3. The molecule has 244 valence electrons. The summed E-state index contributed by atoms with van der Waals surface area (Å²) in [6, 6.07) is 0. The summed E-state index contributed by atoms with van der Waals surface area (Å²) in [7, 11) is 0. The van der Waals surface area contributed by atoms with Crippen LogP contribution in [0, 0.1) is 56.7 Å². The number of aliphatic hydroxyl groups is 3. The van der Waals surface area contributed by atoms with Crippen LogP contribution in [0.5, 0.6) is 0 Å². The minimum absolute atomic E-state index is 0.0935. The maximum atomic E-state index is 12.9. The van der Waals surface area contributed by atoms with Gasteiger partial charge in [0.25, 0.3) is 0 Å². The van der Waals surface area contributed by atoms with Gasteiger partial charge in [0.1, 0.15) is 18.3 Å². The Balaban J connectivity index is 1.28. The highest BCUT2D eigenvalue weighted by Gasteiger charge is 2.72. The largest absolute Gasteiger partial charge is 0.481 e. The summed E-state index contributed by atoms with van der Waals surface area (Å²) in [6.07, 6.45) is 4.48. The van der Waals surface area contributed by atoms with Crippen molar-refractivity contribution in [3.63, 3.8) is 0 Å². The first kappa shape index (κ1) is 32.0. The van der Waals surface area contributed by atoms with Crippen LogP contribution in [0.25, 0.3) is 0 Å². The van der Waals surface area contributed by atoms with Crippen molar-refractivity contribution in [1.82, 2.24) is 0 Å². The fourth-order valence-electron chi connectivity index (χ4n) is 13.0. The molecule has 5 aliphatic carbocycles. The summed E-state index contributed by atoms with van der Waals surface area (Å²) in [5.74, 6) is 1.30. The van der Waals surface area contributed by atoms with Crippen LogP contribution >= 0.6 is 0 Å². The highest BCUT2D eigenvalue weighted by Crippen LogP contribution is 2.77. The number of aliphatic carboxylic acids is 1. The first-order chi connectivity index (χ1) is 20.0. The van der Waals surface area contributed by atoms with Gasteiger partial charge in [0, 0.05) is 0 Å². The van der Waals surface area contributed by atoms with Crippen LogP contribution < -0.4 is 0 Å². The number of ether oxygens (including phenoxy) is 2. The number of carboxylic acid groups (broad SMARTS) is 1. The van der Waals surface area contributed by atoms with Gasteiger partial charge in [-0.25, -0.2) is 0 Å². The number of hydrogen-bond donors (Lipinski definition) is 4. The zero-order chi connectivity index (χ0) is 31.5. The molecule has 0 radical (unpaired) electrons. The van der Waals surface area contributed by atoms with E-state index >= 15 is 0 Å². The molecule has 1 saturated heterocycles. The molecule has 4 N–H and O–H groups in total. The van der Waals surface area contributed by atoms with E-state index in [9.17, 15) is 25.2 Å². The molecule has 0 bridgehead atoms. The second-order valence-corrected chi connectivity index (χ2v) is 17.3. The monoisotopic (exact) mass is 602 g/mol. The number of aliphatic hydroxyl groups excluding tert-OH is 3. The predicted molar refractivity (Wildman–Crippen MR) is 164 cm³/mol. The summed E-state index contributed by atoms with van der Waals surface area (Å²) in [5, 5.41) is 41.9. The molecule has 0 amide bonds. The van der Waals surface area contributed by atoms with Crippen molar-refractivity contribution in [2.75, 3.05) is 0 Å². The van der Waals surface area contributed by atoms with E-state index in [2.05, 4.69) is 48.1 Å². The maximum Gasteiger partial charge on any atom is 0.309 e. The smallest absolute Gasteiger partial charge is 0.309 e. The quantitative estimate of drug-likeness (QED) is 0.232. The number of carboxylic acids is 1. The van der Waals surface area contributed by atoms with E-state index in [0.29, 0.717) is 23.7 Å². The molecule has 15 atom stereocenters. The van der Waals surface area contributed by atoms with Gasteiger partial charge in [-0.1, -0.05) is 46.8 Å². The van der Waals surface area contributed by atoms with Gasteiger partial charge in [-0.2, -0.15) is 0 Å². The summed E-state index contributed by atoms with van der Waals surface area (Å²) < 4.78 is 12.4. The lowest BCUT2D eigenvalue weighted by atomic mass is 9.32. The Labute approximate surface area is 258 Å². The SMILES string of the molecule is C=C(C)[C@@H]1CC[C@]2(C(=O)O)CC[C@]3(C)[C@H](CC[C@@H]4[C@@]5(C)CCC(O[C@@H]6O[C@@H](C)[C@H](O)[C@@H](O)[C@H]6O)C(C)(C)[C@@H]5CC[C@]43C)[C@@H]12. The summed E-state index contributed by atoms with van der Waals surface area (Å²) in [4.78, 5) is 12.9. The fourth-order valence-corrected chi connectivity index (χ4v) is 13.0. The molecule has 6 aliphatic rings.